The topological polar surface area (TPSA) is 58.8 Å². The maximum atomic E-state index is 13.4. The Hall–Kier alpha value is -3.02. The molecule has 0 aliphatic carbocycles. The molecule has 0 N–H and O–H groups in total. The smallest absolute Gasteiger partial charge is 0.258 e. The van der Waals surface area contributed by atoms with Crippen LogP contribution in [0.15, 0.2) is 47.0 Å². The van der Waals surface area contributed by atoms with Gasteiger partial charge in [-0.1, -0.05) is 31.5 Å². The molecule has 0 atom stereocenters. The number of carbonyl (C=O) groups excluding carboxylic acids is 1. The normalized spacial score (nSPS) is 14.4. The summed E-state index contributed by atoms with van der Waals surface area (Å²) in [7, 11) is 1.65. The van der Waals surface area contributed by atoms with Crippen LogP contribution < -0.4 is 9.64 Å². The average molecular weight is 393 g/mol. The highest BCUT2D eigenvalue weighted by Crippen LogP contribution is 2.29. The molecule has 6 heteroatoms. The fourth-order valence-corrected chi connectivity index (χ4v) is 3.84. The second-order valence-electron chi connectivity index (χ2n) is 7.33. The SMILES string of the molecule is CCCCc1oc2ccccc2c1C(=O)N1CCN(c2cc(OC)ccn2)CC1. The molecule has 1 aromatic carbocycles. The van der Waals surface area contributed by atoms with Crippen LogP contribution in [-0.4, -0.2) is 49.1 Å². The average Bonchev–Trinajstić information content (AvgIpc) is 3.15. The molecule has 1 amide bonds. The maximum absolute atomic E-state index is 13.4. The van der Waals surface area contributed by atoms with Gasteiger partial charge in [0.25, 0.3) is 5.91 Å². The van der Waals surface area contributed by atoms with Crippen molar-refractivity contribution >= 4 is 22.7 Å². The molecule has 0 unspecified atom stereocenters. The second kappa shape index (κ2) is 8.55. The van der Waals surface area contributed by atoms with E-state index in [0.29, 0.717) is 13.1 Å². The molecule has 3 aromatic rings. The molecular weight excluding hydrogens is 366 g/mol. The summed E-state index contributed by atoms with van der Waals surface area (Å²) in [6.07, 6.45) is 4.62. The number of unbranched alkanes of at least 4 members (excludes halogenated alkanes) is 1. The zero-order chi connectivity index (χ0) is 20.2. The molecule has 1 saturated heterocycles. The van der Waals surface area contributed by atoms with Gasteiger partial charge in [0.15, 0.2) is 0 Å². The minimum absolute atomic E-state index is 0.0688. The number of fused-ring (bicyclic) bond motifs is 1. The second-order valence-corrected chi connectivity index (χ2v) is 7.33. The summed E-state index contributed by atoms with van der Waals surface area (Å²) in [5.41, 5.74) is 1.53. The molecule has 1 aliphatic heterocycles. The van der Waals surface area contributed by atoms with Gasteiger partial charge in [0.1, 0.15) is 22.9 Å². The van der Waals surface area contributed by atoms with Crippen molar-refractivity contribution in [1.82, 2.24) is 9.88 Å². The molecule has 0 bridgehead atoms. The molecule has 3 heterocycles. The van der Waals surface area contributed by atoms with E-state index >= 15 is 0 Å². The third-order valence-electron chi connectivity index (χ3n) is 5.48. The van der Waals surface area contributed by atoms with E-state index < -0.39 is 0 Å². The van der Waals surface area contributed by atoms with E-state index in [1.807, 2.05) is 41.3 Å². The van der Waals surface area contributed by atoms with Gasteiger partial charge in [-0.2, -0.15) is 0 Å². The zero-order valence-electron chi connectivity index (χ0n) is 17.1. The van der Waals surface area contributed by atoms with Gasteiger partial charge >= 0.3 is 0 Å². The number of benzene rings is 1. The molecule has 29 heavy (non-hydrogen) atoms. The van der Waals surface area contributed by atoms with Gasteiger partial charge in [-0.05, 0) is 18.6 Å². The first kappa shape index (κ1) is 19.3. The van der Waals surface area contributed by atoms with Crippen molar-refractivity contribution in [3.63, 3.8) is 0 Å². The molecule has 4 rings (SSSR count). The van der Waals surface area contributed by atoms with Crippen molar-refractivity contribution in [2.45, 2.75) is 26.2 Å². The van der Waals surface area contributed by atoms with Crippen LogP contribution in [0.1, 0.15) is 35.9 Å². The summed E-state index contributed by atoms with van der Waals surface area (Å²) in [6.45, 7) is 4.95. The van der Waals surface area contributed by atoms with Gasteiger partial charge in [0.2, 0.25) is 0 Å². The Kier molecular flexibility index (Phi) is 5.69. The van der Waals surface area contributed by atoms with E-state index in [4.69, 9.17) is 9.15 Å². The maximum Gasteiger partial charge on any atom is 0.258 e. The van der Waals surface area contributed by atoms with Crippen LogP contribution in [0.25, 0.3) is 11.0 Å². The summed E-state index contributed by atoms with van der Waals surface area (Å²) in [5.74, 6) is 2.56. The van der Waals surface area contributed by atoms with Crippen molar-refractivity contribution in [3.8, 4) is 5.75 Å². The molecule has 2 aromatic heterocycles. The van der Waals surface area contributed by atoms with Gasteiger partial charge < -0.3 is 19.0 Å². The van der Waals surface area contributed by atoms with E-state index in [-0.39, 0.29) is 5.91 Å². The number of piperazine rings is 1. The molecule has 1 aliphatic rings. The van der Waals surface area contributed by atoms with Crippen LogP contribution in [0, 0.1) is 0 Å². The Balaban J connectivity index is 1.52. The van der Waals surface area contributed by atoms with E-state index in [2.05, 4.69) is 16.8 Å². The number of carbonyl (C=O) groups is 1. The lowest BCUT2D eigenvalue weighted by molar-refractivity contribution is 0.0746. The molecule has 6 nitrogen and oxygen atoms in total. The number of ether oxygens (including phenoxy) is 1. The number of aromatic nitrogens is 1. The Morgan fingerprint density at radius 1 is 1.17 bits per heavy atom. The number of aryl methyl sites for hydroxylation is 1. The first-order chi connectivity index (χ1) is 14.2. The predicted molar refractivity (Wildman–Crippen MR) is 114 cm³/mol. The Morgan fingerprint density at radius 3 is 2.72 bits per heavy atom. The highest BCUT2D eigenvalue weighted by atomic mass is 16.5. The van der Waals surface area contributed by atoms with Gasteiger partial charge in [-0.3, -0.25) is 4.79 Å². The van der Waals surface area contributed by atoms with E-state index in [0.717, 1.165) is 66.2 Å². The minimum Gasteiger partial charge on any atom is -0.497 e. The number of rotatable bonds is 6. The lowest BCUT2D eigenvalue weighted by Gasteiger charge is -2.35. The summed E-state index contributed by atoms with van der Waals surface area (Å²) in [6, 6.07) is 11.6. The molecule has 152 valence electrons. The number of nitrogens with zero attached hydrogens (tertiary/aromatic N) is 3. The summed E-state index contributed by atoms with van der Waals surface area (Å²) in [4.78, 5) is 22.0. The number of hydrogen-bond acceptors (Lipinski definition) is 5. The number of hydrogen-bond donors (Lipinski definition) is 0. The first-order valence-corrected chi connectivity index (χ1v) is 10.3. The van der Waals surface area contributed by atoms with Crippen molar-refractivity contribution in [2.75, 3.05) is 38.2 Å². The number of methoxy groups -OCH3 is 1. The standard InChI is InChI=1S/C23H27N3O3/c1-3-4-8-20-22(18-7-5-6-9-19(18)29-20)23(27)26-14-12-25(13-15-26)21-16-17(28-2)10-11-24-21/h5-7,9-11,16H,3-4,8,12-15H2,1-2H3. The highest BCUT2D eigenvalue weighted by molar-refractivity contribution is 6.07. The number of para-hydroxylation sites is 1. The largest absolute Gasteiger partial charge is 0.497 e. The van der Waals surface area contributed by atoms with Crippen molar-refractivity contribution < 1.29 is 13.9 Å². The predicted octanol–water partition coefficient (Wildman–Crippen LogP) is 4.14. The molecule has 0 spiro atoms. The number of amides is 1. The van der Waals surface area contributed by atoms with E-state index in [9.17, 15) is 4.79 Å². The fourth-order valence-electron chi connectivity index (χ4n) is 3.84. The number of pyridine rings is 1. The molecule has 0 saturated carbocycles. The highest BCUT2D eigenvalue weighted by Gasteiger charge is 2.28. The zero-order valence-corrected chi connectivity index (χ0v) is 17.1. The van der Waals surface area contributed by atoms with Gasteiger partial charge in [-0.25, -0.2) is 4.98 Å². The lowest BCUT2D eigenvalue weighted by Crippen LogP contribution is -2.49. The van der Waals surface area contributed by atoms with Crippen LogP contribution in [0.3, 0.4) is 0 Å². The molecule has 1 fully saturated rings. The lowest BCUT2D eigenvalue weighted by atomic mass is 10.1. The monoisotopic (exact) mass is 393 g/mol. The number of anilines is 1. The quantitative estimate of drug-likeness (QED) is 0.630. The number of furan rings is 1. The third kappa shape index (κ3) is 3.92. The summed E-state index contributed by atoms with van der Waals surface area (Å²) < 4.78 is 11.3. The third-order valence-corrected chi connectivity index (χ3v) is 5.48. The van der Waals surface area contributed by atoms with Crippen molar-refractivity contribution in [1.29, 1.82) is 0 Å². The van der Waals surface area contributed by atoms with Crippen molar-refractivity contribution in [3.05, 3.63) is 53.9 Å². The van der Waals surface area contributed by atoms with Crippen LogP contribution in [-0.2, 0) is 6.42 Å². The Labute approximate surface area is 171 Å². The van der Waals surface area contributed by atoms with Crippen LogP contribution in [0.2, 0.25) is 0 Å². The van der Waals surface area contributed by atoms with E-state index in [1.165, 1.54) is 0 Å². The van der Waals surface area contributed by atoms with Gasteiger partial charge in [-0.15, -0.1) is 0 Å². The Morgan fingerprint density at radius 2 is 1.97 bits per heavy atom. The van der Waals surface area contributed by atoms with E-state index in [1.54, 1.807) is 13.3 Å². The Bertz CT molecular complexity index is 990. The van der Waals surface area contributed by atoms with Crippen LogP contribution >= 0.6 is 0 Å². The molecule has 0 radical (unpaired) electrons. The summed E-state index contributed by atoms with van der Waals surface area (Å²) >= 11 is 0. The fraction of sp³-hybridized carbons (Fsp3) is 0.391. The van der Waals surface area contributed by atoms with Gasteiger partial charge in [0.05, 0.1) is 12.7 Å². The van der Waals surface area contributed by atoms with Gasteiger partial charge in [0, 0.05) is 50.2 Å². The minimum atomic E-state index is 0.0688. The van der Waals surface area contributed by atoms with Crippen molar-refractivity contribution in [2.24, 2.45) is 0 Å². The van der Waals surface area contributed by atoms with Crippen LogP contribution in [0.5, 0.6) is 5.75 Å². The van der Waals surface area contributed by atoms with Crippen LogP contribution in [0.4, 0.5) is 5.82 Å². The molecular formula is C23H27N3O3. The first-order valence-electron chi connectivity index (χ1n) is 10.3. The summed E-state index contributed by atoms with van der Waals surface area (Å²) in [5, 5.41) is 0.917.